The largest absolute Gasteiger partial charge is 0.490 e. The molecule has 14 heavy (non-hydrogen) atoms. The van der Waals surface area contributed by atoms with Gasteiger partial charge < -0.3 is 4.74 Å². The van der Waals surface area contributed by atoms with Gasteiger partial charge in [0.25, 0.3) is 0 Å². The number of rotatable bonds is 4. The zero-order valence-corrected chi connectivity index (χ0v) is 9.53. The van der Waals surface area contributed by atoms with Gasteiger partial charge in [-0.1, -0.05) is 39.0 Å². The van der Waals surface area contributed by atoms with Crippen LogP contribution >= 0.6 is 0 Å². The van der Waals surface area contributed by atoms with E-state index in [0.717, 1.165) is 5.75 Å². The van der Waals surface area contributed by atoms with E-state index in [4.69, 9.17) is 4.74 Å². The van der Waals surface area contributed by atoms with Crippen LogP contribution in [-0.4, -0.2) is 6.10 Å². The SMILES string of the molecule is CC(C)[C@H](C)[C@H](C)Oc1ccccc1. The van der Waals surface area contributed by atoms with Crippen molar-refractivity contribution in [1.29, 1.82) is 0 Å². The molecule has 0 saturated heterocycles. The third kappa shape index (κ3) is 3.06. The fourth-order valence-electron chi connectivity index (χ4n) is 1.36. The predicted molar refractivity (Wildman–Crippen MR) is 60.5 cm³/mol. The van der Waals surface area contributed by atoms with Crippen LogP contribution < -0.4 is 4.74 Å². The molecular formula is C13H20O. The minimum absolute atomic E-state index is 0.275. The van der Waals surface area contributed by atoms with E-state index in [1.807, 2.05) is 30.3 Å². The van der Waals surface area contributed by atoms with Crippen LogP contribution in [0.1, 0.15) is 27.7 Å². The van der Waals surface area contributed by atoms with Crippen molar-refractivity contribution in [3.05, 3.63) is 30.3 Å². The van der Waals surface area contributed by atoms with E-state index in [9.17, 15) is 0 Å². The molecule has 2 atom stereocenters. The minimum Gasteiger partial charge on any atom is -0.490 e. The van der Waals surface area contributed by atoms with Gasteiger partial charge in [-0.3, -0.25) is 0 Å². The molecule has 0 radical (unpaired) electrons. The third-order valence-electron chi connectivity index (χ3n) is 2.86. The lowest BCUT2D eigenvalue weighted by Crippen LogP contribution is -2.25. The molecule has 0 spiro atoms. The Labute approximate surface area is 87.1 Å². The van der Waals surface area contributed by atoms with Gasteiger partial charge in [0.1, 0.15) is 5.75 Å². The van der Waals surface area contributed by atoms with E-state index in [1.54, 1.807) is 0 Å². The lowest BCUT2D eigenvalue weighted by molar-refractivity contribution is 0.132. The number of para-hydroxylation sites is 1. The minimum atomic E-state index is 0.275. The molecule has 0 aliphatic carbocycles. The smallest absolute Gasteiger partial charge is 0.119 e. The summed E-state index contributed by atoms with van der Waals surface area (Å²) in [4.78, 5) is 0. The normalized spacial score (nSPS) is 15.2. The molecule has 1 aromatic rings. The van der Waals surface area contributed by atoms with Gasteiger partial charge in [-0.25, -0.2) is 0 Å². The molecule has 1 rings (SSSR count). The molecule has 0 unspecified atom stereocenters. The van der Waals surface area contributed by atoms with Gasteiger partial charge in [-0.05, 0) is 30.9 Å². The number of benzene rings is 1. The molecule has 1 heteroatoms. The highest BCUT2D eigenvalue weighted by atomic mass is 16.5. The van der Waals surface area contributed by atoms with Gasteiger partial charge >= 0.3 is 0 Å². The second kappa shape index (κ2) is 5.04. The topological polar surface area (TPSA) is 9.23 Å². The van der Waals surface area contributed by atoms with E-state index in [2.05, 4.69) is 27.7 Å². The zero-order chi connectivity index (χ0) is 10.6. The summed E-state index contributed by atoms with van der Waals surface area (Å²) in [6, 6.07) is 10.0. The number of hydrogen-bond acceptors (Lipinski definition) is 1. The molecule has 0 aliphatic rings. The summed E-state index contributed by atoms with van der Waals surface area (Å²) in [6.07, 6.45) is 0.275. The second-order valence-corrected chi connectivity index (χ2v) is 4.24. The van der Waals surface area contributed by atoms with Gasteiger partial charge in [0.2, 0.25) is 0 Å². The second-order valence-electron chi connectivity index (χ2n) is 4.24. The molecule has 0 amide bonds. The molecule has 0 saturated carbocycles. The Balaban J connectivity index is 2.53. The van der Waals surface area contributed by atoms with E-state index in [-0.39, 0.29) is 6.10 Å². The van der Waals surface area contributed by atoms with Crippen molar-refractivity contribution >= 4 is 0 Å². The summed E-state index contributed by atoms with van der Waals surface area (Å²) < 4.78 is 5.84. The molecule has 0 aromatic heterocycles. The van der Waals surface area contributed by atoms with Gasteiger partial charge in [0.15, 0.2) is 0 Å². The third-order valence-corrected chi connectivity index (χ3v) is 2.86. The fraction of sp³-hybridized carbons (Fsp3) is 0.538. The van der Waals surface area contributed by atoms with Crippen LogP contribution in [0.25, 0.3) is 0 Å². The zero-order valence-electron chi connectivity index (χ0n) is 9.53. The molecular weight excluding hydrogens is 172 g/mol. The van der Waals surface area contributed by atoms with Gasteiger partial charge in [-0.2, -0.15) is 0 Å². The lowest BCUT2D eigenvalue weighted by Gasteiger charge is -2.24. The van der Waals surface area contributed by atoms with Crippen LogP contribution in [0.5, 0.6) is 5.75 Å². The van der Waals surface area contributed by atoms with E-state index in [0.29, 0.717) is 11.8 Å². The highest BCUT2D eigenvalue weighted by molar-refractivity contribution is 5.21. The first-order valence-corrected chi connectivity index (χ1v) is 5.33. The highest BCUT2D eigenvalue weighted by Gasteiger charge is 2.16. The predicted octanol–water partition coefficient (Wildman–Crippen LogP) is 3.75. The molecule has 0 heterocycles. The van der Waals surface area contributed by atoms with Crippen LogP contribution in [-0.2, 0) is 0 Å². The van der Waals surface area contributed by atoms with Crippen molar-refractivity contribution in [3.63, 3.8) is 0 Å². The van der Waals surface area contributed by atoms with Crippen LogP contribution in [0.15, 0.2) is 30.3 Å². The Bertz CT molecular complexity index is 253. The molecule has 0 bridgehead atoms. The average Bonchev–Trinajstić information content (AvgIpc) is 2.18. The Morgan fingerprint density at radius 2 is 1.50 bits per heavy atom. The monoisotopic (exact) mass is 192 g/mol. The summed E-state index contributed by atoms with van der Waals surface area (Å²) >= 11 is 0. The molecule has 1 aromatic carbocycles. The Kier molecular flexibility index (Phi) is 3.99. The summed E-state index contributed by atoms with van der Waals surface area (Å²) in [5.41, 5.74) is 0. The maximum atomic E-state index is 5.84. The Hall–Kier alpha value is -0.980. The summed E-state index contributed by atoms with van der Waals surface area (Å²) in [7, 11) is 0. The Morgan fingerprint density at radius 3 is 2.00 bits per heavy atom. The van der Waals surface area contributed by atoms with Crippen molar-refractivity contribution in [2.75, 3.05) is 0 Å². The van der Waals surface area contributed by atoms with Crippen molar-refractivity contribution in [2.45, 2.75) is 33.8 Å². The van der Waals surface area contributed by atoms with Gasteiger partial charge in [0, 0.05) is 0 Å². The quantitative estimate of drug-likeness (QED) is 0.706. The molecule has 0 fully saturated rings. The molecule has 1 nitrogen and oxygen atoms in total. The van der Waals surface area contributed by atoms with E-state index >= 15 is 0 Å². The lowest BCUT2D eigenvalue weighted by atomic mass is 9.93. The van der Waals surface area contributed by atoms with Crippen molar-refractivity contribution in [2.24, 2.45) is 11.8 Å². The van der Waals surface area contributed by atoms with Crippen LogP contribution in [0.3, 0.4) is 0 Å². The van der Waals surface area contributed by atoms with Gasteiger partial charge in [0.05, 0.1) is 6.10 Å². The van der Waals surface area contributed by atoms with Crippen LogP contribution in [0.4, 0.5) is 0 Å². The number of hydrogen-bond donors (Lipinski definition) is 0. The number of ether oxygens (including phenoxy) is 1. The summed E-state index contributed by atoms with van der Waals surface area (Å²) in [6.45, 7) is 8.83. The maximum Gasteiger partial charge on any atom is 0.119 e. The summed E-state index contributed by atoms with van der Waals surface area (Å²) in [5.74, 6) is 2.21. The first kappa shape index (κ1) is 11.1. The highest BCUT2D eigenvalue weighted by Crippen LogP contribution is 2.20. The summed E-state index contributed by atoms with van der Waals surface area (Å²) in [5, 5.41) is 0. The molecule has 0 N–H and O–H groups in total. The Morgan fingerprint density at radius 1 is 0.929 bits per heavy atom. The maximum absolute atomic E-state index is 5.84. The molecule has 0 aliphatic heterocycles. The van der Waals surface area contributed by atoms with E-state index < -0.39 is 0 Å². The first-order valence-electron chi connectivity index (χ1n) is 5.33. The van der Waals surface area contributed by atoms with E-state index in [1.165, 1.54) is 0 Å². The standard InChI is InChI=1S/C13H20O/c1-10(2)11(3)12(4)14-13-8-6-5-7-9-13/h5-12H,1-4H3/t11-,12-/m0/s1. The molecule has 78 valence electrons. The van der Waals surface area contributed by atoms with Crippen LogP contribution in [0.2, 0.25) is 0 Å². The first-order chi connectivity index (χ1) is 6.61. The van der Waals surface area contributed by atoms with Crippen LogP contribution in [0, 0.1) is 11.8 Å². The van der Waals surface area contributed by atoms with Crippen molar-refractivity contribution in [3.8, 4) is 5.75 Å². The van der Waals surface area contributed by atoms with Crippen molar-refractivity contribution in [1.82, 2.24) is 0 Å². The average molecular weight is 192 g/mol. The van der Waals surface area contributed by atoms with Gasteiger partial charge in [-0.15, -0.1) is 0 Å². The van der Waals surface area contributed by atoms with Crippen molar-refractivity contribution < 1.29 is 4.74 Å². The fourth-order valence-corrected chi connectivity index (χ4v) is 1.36.